The molecular weight excluding hydrogens is 713 g/mol. The molecule has 0 spiro atoms. The van der Waals surface area contributed by atoms with Crippen LogP contribution >= 0.6 is 67.8 Å². The Kier molecular flexibility index (Phi) is 10.8. The molecule has 28 heavy (non-hydrogen) atoms. The van der Waals surface area contributed by atoms with Crippen LogP contribution < -0.4 is 10.4 Å². The largest absolute Gasteiger partial charge is 0.478 e. The van der Waals surface area contributed by atoms with Crippen molar-refractivity contribution < 1.29 is 34.2 Å². The number of carboxylic acids is 1. The fourth-order valence-electron chi connectivity index (χ4n) is 2.07. The molecule has 0 radical (unpaired) electrons. The molecule has 0 saturated carbocycles. The molecule has 0 saturated heterocycles. The van der Waals surface area contributed by atoms with Crippen molar-refractivity contribution in [3.8, 4) is 0 Å². The molecule has 1 rings (SSSR count). The number of carbonyl (C=O) groups excluding carboxylic acids is 2. The zero-order valence-electron chi connectivity index (χ0n) is 15.2. The monoisotopic (exact) mass is 732 g/mol. The van der Waals surface area contributed by atoms with Gasteiger partial charge in [-0.3, -0.25) is 14.4 Å². The number of methoxy groups -OCH3 is 1. The number of hydrogen-bond donors (Lipinski definition) is 3. The second-order valence-corrected chi connectivity index (χ2v) is 8.78. The van der Waals surface area contributed by atoms with Gasteiger partial charge in [0, 0.05) is 24.1 Å². The van der Waals surface area contributed by atoms with Gasteiger partial charge in [0.1, 0.15) is 5.69 Å². The normalized spacial score (nSPS) is 11.8. The highest BCUT2D eigenvalue weighted by Gasteiger charge is 2.31. The Morgan fingerprint density at radius 3 is 2.14 bits per heavy atom. The van der Waals surface area contributed by atoms with Gasteiger partial charge in [-0.15, -0.1) is 0 Å². The molecule has 0 aliphatic carbocycles. The number of benzene rings is 1. The van der Waals surface area contributed by atoms with Gasteiger partial charge in [0.15, 0.2) is 0 Å². The number of aliphatic hydroxyl groups excluding tert-OH is 1. The van der Waals surface area contributed by atoms with E-state index in [1.54, 1.807) is 22.6 Å². The van der Waals surface area contributed by atoms with Crippen LogP contribution in [0.5, 0.6) is 0 Å². The fourth-order valence-corrected chi connectivity index (χ4v) is 6.63. The van der Waals surface area contributed by atoms with E-state index in [4.69, 9.17) is 9.57 Å². The van der Waals surface area contributed by atoms with Gasteiger partial charge >= 0.3 is 5.97 Å². The maximum Gasteiger partial charge on any atom is 0.337 e. The lowest BCUT2D eigenvalue weighted by Crippen LogP contribution is -2.35. The van der Waals surface area contributed by atoms with Crippen LogP contribution in [0.3, 0.4) is 0 Å². The van der Waals surface area contributed by atoms with Crippen LogP contribution in [0.25, 0.3) is 0 Å². The van der Waals surface area contributed by atoms with Crippen LogP contribution in [0.1, 0.15) is 34.6 Å². The van der Waals surface area contributed by atoms with E-state index in [2.05, 4.69) is 5.32 Å². The second kappa shape index (κ2) is 11.8. The molecule has 3 N–H and O–H groups in total. The molecule has 0 fully saturated rings. The number of carbonyl (C=O) groups is 3. The van der Waals surface area contributed by atoms with E-state index in [1.165, 1.54) is 21.0 Å². The topological polar surface area (TPSA) is 125 Å². The molecule has 1 atom stereocenters. The Bertz CT molecular complexity index is 771. The van der Waals surface area contributed by atoms with Gasteiger partial charge in [0.05, 0.1) is 37.6 Å². The van der Waals surface area contributed by atoms with Crippen molar-refractivity contribution in [1.82, 2.24) is 5.32 Å². The maximum absolute atomic E-state index is 12.7. The van der Waals surface area contributed by atoms with E-state index >= 15 is 0 Å². The van der Waals surface area contributed by atoms with Gasteiger partial charge in [-0.05, 0) is 74.7 Å². The third-order valence-electron chi connectivity index (χ3n) is 3.29. The Balaban J connectivity index is 3.64. The molecule has 0 bridgehead atoms. The van der Waals surface area contributed by atoms with Gasteiger partial charge in [-0.1, -0.05) is 0 Å². The molecule has 2 amide bonds. The second-order valence-electron chi connectivity index (χ2n) is 5.54. The summed E-state index contributed by atoms with van der Waals surface area (Å²) in [6.45, 7) is 3.05. The zero-order chi connectivity index (χ0) is 21.6. The highest BCUT2D eigenvalue weighted by Crippen LogP contribution is 2.38. The van der Waals surface area contributed by atoms with Crippen LogP contribution in [0.15, 0.2) is 0 Å². The minimum Gasteiger partial charge on any atom is -0.478 e. The van der Waals surface area contributed by atoms with E-state index in [0.29, 0.717) is 3.57 Å². The first-order valence-corrected chi connectivity index (χ1v) is 11.1. The summed E-state index contributed by atoms with van der Waals surface area (Å²) in [5.41, 5.74) is 0.154. The molecule has 1 aromatic rings. The SMILES string of the molecule is COCCON(C(C)=O)c1c(I)c(C(=O)O)c(I)c(C(=O)NCC(C)O)c1I. The third-order valence-corrected chi connectivity index (χ3v) is 6.47. The first kappa shape index (κ1) is 25.7. The predicted molar refractivity (Wildman–Crippen MR) is 127 cm³/mol. The van der Waals surface area contributed by atoms with Crippen LogP contribution in [0.2, 0.25) is 0 Å². The summed E-state index contributed by atoms with van der Waals surface area (Å²) in [6, 6.07) is 0. The number of nitrogens with zero attached hydrogens (tertiary/aromatic N) is 1. The molecule has 12 heteroatoms. The van der Waals surface area contributed by atoms with E-state index < -0.39 is 23.9 Å². The average Bonchev–Trinajstić information content (AvgIpc) is 2.57. The number of hydrogen-bond acceptors (Lipinski definition) is 6. The number of amides is 2. The van der Waals surface area contributed by atoms with E-state index in [9.17, 15) is 24.6 Å². The Labute approximate surface area is 202 Å². The smallest absolute Gasteiger partial charge is 0.337 e. The summed E-state index contributed by atoms with van der Waals surface area (Å²) in [6.07, 6.45) is -0.771. The lowest BCUT2D eigenvalue weighted by molar-refractivity contribution is -0.124. The summed E-state index contributed by atoms with van der Waals surface area (Å²) in [5.74, 6) is -2.29. The van der Waals surface area contributed by atoms with Gasteiger partial charge in [0.2, 0.25) is 5.91 Å². The van der Waals surface area contributed by atoms with E-state index in [1.807, 2.05) is 45.2 Å². The molecule has 0 aliphatic rings. The number of nitrogens with one attached hydrogen (secondary N) is 1. The summed E-state index contributed by atoms with van der Waals surface area (Å²) < 4.78 is 5.76. The molecular formula is C16H19I3N2O7. The van der Waals surface area contributed by atoms with Crippen molar-refractivity contribution in [2.24, 2.45) is 0 Å². The van der Waals surface area contributed by atoms with E-state index in [0.717, 1.165) is 5.06 Å². The van der Waals surface area contributed by atoms with Crippen molar-refractivity contribution in [3.05, 3.63) is 21.8 Å². The quantitative estimate of drug-likeness (QED) is 0.202. The molecule has 0 aromatic heterocycles. The lowest BCUT2D eigenvalue weighted by atomic mass is 10.1. The number of carboxylic acid groups (broad SMARTS) is 1. The summed E-state index contributed by atoms with van der Waals surface area (Å²) in [4.78, 5) is 42.2. The minimum atomic E-state index is -1.24. The summed E-state index contributed by atoms with van der Waals surface area (Å²) in [7, 11) is 1.48. The standard InChI is InChI=1S/C16H19I3N2O7/c1-7(22)6-20-15(24)9-11(17)10(16(25)26)13(19)14(12(9)18)21(8(2)23)28-5-4-27-3/h7,22H,4-6H2,1-3H3,(H,20,24)(H,25,26). The fraction of sp³-hybridized carbons (Fsp3) is 0.438. The first-order valence-electron chi connectivity index (χ1n) is 7.87. The van der Waals surface area contributed by atoms with Crippen LogP contribution in [-0.2, 0) is 14.4 Å². The minimum absolute atomic E-state index is 0.00448. The van der Waals surface area contributed by atoms with Crippen molar-refractivity contribution in [2.75, 3.05) is 31.9 Å². The number of aliphatic hydroxyl groups is 1. The Morgan fingerprint density at radius 1 is 1.11 bits per heavy atom. The summed E-state index contributed by atoms with van der Waals surface area (Å²) >= 11 is 5.50. The van der Waals surface area contributed by atoms with Gasteiger partial charge in [0.25, 0.3) is 5.91 Å². The summed E-state index contributed by atoms with van der Waals surface area (Å²) in [5, 5.41) is 22.6. The lowest BCUT2D eigenvalue weighted by Gasteiger charge is -2.25. The molecule has 1 aromatic carbocycles. The van der Waals surface area contributed by atoms with Crippen molar-refractivity contribution >= 4 is 91.2 Å². The van der Waals surface area contributed by atoms with Crippen molar-refractivity contribution in [1.29, 1.82) is 0 Å². The number of anilines is 1. The predicted octanol–water partition coefficient (Wildman–Crippen LogP) is 2.24. The maximum atomic E-state index is 12.7. The number of halogens is 3. The van der Waals surface area contributed by atoms with Crippen LogP contribution in [0, 0.1) is 10.7 Å². The number of hydroxylamine groups is 1. The molecule has 0 aliphatic heterocycles. The molecule has 0 heterocycles. The Morgan fingerprint density at radius 2 is 1.68 bits per heavy atom. The molecule has 1 unspecified atom stereocenters. The highest BCUT2D eigenvalue weighted by molar-refractivity contribution is 14.1. The van der Waals surface area contributed by atoms with Gasteiger partial charge in [-0.25, -0.2) is 4.79 Å². The van der Waals surface area contributed by atoms with Crippen molar-refractivity contribution in [3.63, 3.8) is 0 Å². The first-order chi connectivity index (χ1) is 13.0. The van der Waals surface area contributed by atoms with Crippen LogP contribution in [0.4, 0.5) is 5.69 Å². The zero-order valence-corrected chi connectivity index (χ0v) is 21.7. The molecule has 156 valence electrons. The Hall–Kier alpha value is -0.300. The van der Waals surface area contributed by atoms with Gasteiger partial charge in [-0.2, -0.15) is 5.06 Å². The van der Waals surface area contributed by atoms with Gasteiger partial charge < -0.3 is 20.3 Å². The van der Waals surface area contributed by atoms with Crippen LogP contribution in [-0.4, -0.2) is 61.0 Å². The highest BCUT2D eigenvalue weighted by atomic mass is 127. The number of ether oxygens (including phenoxy) is 1. The van der Waals surface area contributed by atoms with Crippen molar-refractivity contribution in [2.45, 2.75) is 20.0 Å². The number of aromatic carboxylic acids is 1. The van der Waals surface area contributed by atoms with E-state index in [-0.39, 0.29) is 43.7 Å². The average molecular weight is 732 g/mol. The number of rotatable bonds is 9. The molecule has 9 nitrogen and oxygen atoms in total. The third kappa shape index (κ3) is 6.35.